The molecule has 122 valence electrons. The average Bonchev–Trinajstić information content (AvgIpc) is 2.87. The number of hydrogen-bond acceptors (Lipinski definition) is 3. The van der Waals surface area contributed by atoms with Crippen molar-refractivity contribution in [2.24, 2.45) is 16.8 Å². The summed E-state index contributed by atoms with van der Waals surface area (Å²) in [4.78, 5) is 18.7. The molecule has 1 saturated heterocycles. The zero-order valence-electron chi connectivity index (χ0n) is 14.0. The predicted molar refractivity (Wildman–Crippen MR) is 86.4 cm³/mol. The van der Waals surface area contributed by atoms with Crippen LogP contribution < -0.4 is 5.32 Å². The van der Waals surface area contributed by atoms with Gasteiger partial charge in [-0.25, -0.2) is 0 Å². The van der Waals surface area contributed by atoms with Crippen molar-refractivity contribution < 1.29 is 9.53 Å². The molecule has 1 aliphatic heterocycles. The van der Waals surface area contributed by atoms with Gasteiger partial charge in [-0.2, -0.15) is 0 Å². The van der Waals surface area contributed by atoms with E-state index in [9.17, 15) is 4.79 Å². The molecular formula is C16H31N3O2. The number of likely N-dealkylation sites (tertiary alicyclic amines) is 1. The van der Waals surface area contributed by atoms with Crippen molar-refractivity contribution in [3.63, 3.8) is 0 Å². The summed E-state index contributed by atoms with van der Waals surface area (Å²) in [5.74, 6) is 1.09. The van der Waals surface area contributed by atoms with Crippen LogP contribution in [0.15, 0.2) is 4.99 Å². The minimum absolute atomic E-state index is 0.0426. The molecular weight excluding hydrogens is 266 g/mol. The van der Waals surface area contributed by atoms with Gasteiger partial charge in [0.15, 0.2) is 5.96 Å². The molecule has 21 heavy (non-hydrogen) atoms. The fraction of sp³-hybridized carbons (Fsp3) is 0.875. The molecule has 0 amide bonds. The first kappa shape index (κ1) is 17.8. The van der Waals surface area contributed by atoms with E-state index in [0.717, 1.165) is 32.0 Å². The summed E-state index contributed by atoms with van der Waals surface area (Å²) >= 11 is 0. The number of hydrogen-bond donors (Lipinski definition) is 1. The minimum Gasteiger partial charge on any atom is -0.469 e. The molecule has 2 unspecified atom stereocenters. The zero-order valence-corrected chi connectivity index (χ0v) is 14.0. The van der Waals surface area contributed by atoms with Crippen LogP contribution in [-0.2, 0) is 9.53 Å². The van der Waals surface area contributed by atoms with Crippen LogP contribution in [-0.4, -0.2) is 50.1 Å². The summed E-state index contributed by atoms with van der Waals surface area (Å²) in [5.41, 5.74) is 0. The summed E-state index contributed by atoms with van der Waals surface area (Å²) in [6, 6.07) is 0. The maximum absolute atomic E-state index is 11.8. The Hall–Kier alpha value is -1.26. The molecule has 0 radical (unpaired) electrons. The van der Waals surface area contributed by atoms with E-state index in [-0.39, 0.29) is 11.9 Å². The Morgan fingerprint density at radius 3 is 2.67 bits per heavy atom. The first-order valence-corrected chi connectivity index (χ1v) is 8.25. The van der Waals surface area contributed by atoms with Gasteiger partial charge in [0, 0.05) is 26.2 Å². The van der Waals surface area contributed by atoms with Crippen LogP contribution in [0.25, 0.3) is 0 Å². The van der Waals surface area contributed by atoms with Gasteiger partial charge in [0.2, 0.25) is 0 Å². The summed E-state index contributed by atoms with van der Waals surface area (Å²) < 4.78 is 4.89. The largest absolute Gasteiger partial charge is 0.469 e. The maximum Gasteiger partial charge on any atom is 0.310 e. The maximum atomic E-state index is 11.8. The lowest BCUT2D eigenvalue weighted by Gasteiger charge is -2.21. The van der Waals surface area contributed by atoms with E-state index >= 15 is 0 Å². The van der Waals surface area contributed by atoms with Gasteiger partial charge in [0.05, 0.1) is 13.0 Å². The SMILES string of the molecule is CCCCCCN=C(NCC)N1CC(C)C(C(=O)OC)C1. The number of ether oxygens (including phenoxy) is 1. The van der Waals surface area contributed by atoms with Crippen molar-refractivity contribution in [2.45, 2.75) is 46.5 Å². The Kier molecular flexibility index (Phi) is 8.16. The number of guanidine groups is 1. The minimum atomic E-state index is -0.108. The monoisotopic (exact) mass is 297 g/mol. The van der Waals surface area contributed by atoms with Gasteiger partial charge in [0.25, 0.3) is 0 Å². The molecule has 0 aromatic carbocycles. The number of esters is 1. The van der Waals surface area contributed by atoms with Gasteiger partial charge in [-0.3, -0.25) is 9.79 Å². The molecule has 5 heteroatoms. The van der Waals surface area contributed by atoms with Crippen LogP contribution in [0.1, 0.15) is 46.5 Å². The predicted octanol–water partition coefficient (Wildman–Crippen LogP) is 2.27. The third-order valence-corrected chi connectivity index (χ3v) is 4.02. The Morgan fingerprint density at radius 2 is 2.05 bits per heavy atom. The highest BCUT2D eigenvalue weighted by Crippen LogP contribution is 2.24. The number of methoxy groups -OCH3 is 1. The van der Waals surface area contributed by atoms with Crippen molar-refractivity contribution in [3.8, 4) is 0 Å². The second-order valence-electron chi connectivity index (χ2n) is 5.81. The number of aliphatic imine (C=N–C) groups is 1. The number of nitrogens with zero attached hydrogens (tertiary/aromatic N) is 2. The van der Waals surface area contributed by atoms with E-state index in [4.69, 9.17) is 9.73 Å². The van der Waals surface area contributed by atoms with Crippen LogP contribution in [0.4, 0.5) is 0 Å². The summed E-state index contributed by atoms with van der Waals surface area (Å²) in [7, 11) is 1.46. The third-order valence-electron chi connectivity index (χ3n) is 4.02. The van der Waals surface area contributed by atoms with Crippen LogP contribution in [0.2, 0.25) is 0 Å². The molecule has 1 fully saturated rings. The highest BCUT2D eigenvalue weighted by atomic mass is 16.5. The molecule has 1 aliphatic rings. The lowest BCUT2D eigenvalue weighted by molar-refractivity contribution is -0.145. The van der Waals surface area contributed by atoms with E-state index in [1.165, 1.54) is 26.4 Å². The highest BCUT2D eigenvalue weighted by Gasteiger charge is 2.36. The second kappa shape index (κ2) is 9.64. The molecule has 1 rings (SSSR count). The van der Waals surface area contributed by atoms with E-state index in [0.29, 0.717) is 12.5 Å². The molecule has 5 nitrogen and oxygen atoms in total. The molecule has 1 heterocycles. The zero-order chi connectivity index (χ0) is 15.7. The molecule has 0 aromatic heterocycles. The number of unbranched alkanes of at least 4 members (excludes halogenated alkanes) is 3. The van der Waals surface area contributed by atoms with Gasteiger partial charge in [-0.05, 0) is 19.3 Å². The van der Waals surface area contributed by atoms with Crippen molar-refractivity contribution in [2.75, 3.05) is 33.3 Å². The molecule has 0 saturated carbocycles. The second-order valence-corrected chi connectivity index (χ2v) is 5.81. The average molecular weight is 297 g/mol. The van der Waals surface area contributed by atoms with Crippen LogP contribution >= 0.6 is 0 Å². The number of carbonyl (C=O) groups excluding carboxylic acids is 1. The summed E-state index contributed by atoms with van der Waals surface area (Å²) in [5, 5.41) is 3.34. The van der Waals surface area contributed by atoms with Gasteiger partial charge in [0.1, 0.15) is 0 Å². The highest BCUT2D eigenvalue weighted by molar-refractivity contribution is 5.82. The van der Waals surface area contributed by atoms with E-state index in [1.807, 2.05) is 0 Å². The van der Waals surface area contributed by atoms with E-state index in [2.05, 4.69) is 31.0 Å². The Balaban J connectivity index is 2.56. The Bertz CT molecular complexity index is 344. The van der Waals surface area contributed by atoms with Gasteiger partial charge in [-0.1, -0.05) is 33.1 Å². The molecule has 0 aromatic rings. The standard InChI is InChI=1S/C16H31N3O2/c1-5-7-8-9-10-18-16(17-6-2)19-11-13(3)14(12-19)15(20)21-4/h13-14H,5-12H2,1-4H3,(H,17,18). The molecule has 0 spiro atoms. The van der Waals surface area contributed by atoms with Crippen molar-refractivity contribution in [3.05, 3.63) is 0 Å². The number of carbonyl (C=O) groups is 1. The number of rotatable bonds is 7. The molecule has 1 N–H and O–H groups in total. The van der Waals surface area contributed by atoms with Crippen molar-refractivity contribution in [1.82, 2.24) is 10.2 Å². The molecule has 0 aliphatic carbocycles. The van der Waals surface area contributed by atoms with Crippen molar-refractivity contribution in [1.29, 1.82) is 0 Å². The lowest BCUT2D eigenvalue weighted by Crippen LogP contribution is -2.40. The molecule has 2 atom stereocenters. The Labute approximate surface area is 129 Å². The first-order chi connectivity index (χ1) is 10.1. The van der Waals surface area contributed by atoms with Crippen LogP contribution in [0, 0.1) is 11.8 Å². The van der Waals surface area contributed by atoms with Gasteiger partial charge in [-0.15, -0.1) is 0 Å². The Morgan fingerprint density at radius 1 is 1.29 bits per heavy atom. The molecule has 0 bridgehead atoms. The van der Waals surface area contributed by atoms with Crippen LogP contribution in [0.3, 0.4) is 0 Å². The first-order valence-electron chi connectivity index (χ1n) is 8.25. The fourth-order valence-corrected chi connectivity index (χ4v) is 2.75. The van der Waals surface area contributed by atoms with Gasteiger partial charge >= 0.3 is 5.97 Å². The van der Waals surface area contributed by atoms with Crippen molar-refractivity contribution >= 4 is 11.9 Å². The number of nitrogens with one attached hydrogen (secondary N) is 1. The van der Waals surface area contributed by atoms with Crippen LogP contribution in [0.5, 0.6) is 0 Å². The van der Waals surface area contributed by atoms with Gasteiger partial charge < -0.3 is 15.0 Å². The van der Waals surface area contributed by atoms with E-state index < -0.39 is 0 Å². The fourth-order valence-electron chi connectivity index (χ4n) is 2.75. The summed E-state index contributed by atoms with van der Waals surface area (Å²) in [6.07, 6.45) is 4.89. The lowest BCUT2D eigenvalue weighted by atomic mass is 9.99. The topological polar surface area (TPSA) is 53.9 Å². The van der Waals surface area contributed by atoms with E-state index in [1.54, 1.807) is 0 Å². The summed E-state index contributed by atoms with van der Waals surface area (Å²) in [6.45, 7) is 9.66. The third kappa shape index (κ3) is 5.56. The normalized spacial score (nSPS) is 22.5. The smallest absolute Gasteiger partial charge is 0.310 e. The quantitative estimate of drug-likeness (QED) is 0.339.